The zero-order valence-corrected chi connectivity index (χ0v) is 22.5. The molecule has 2 aliphatic carbocycles. The quantitative estimate of drug-likeness (QED) is 0.280. The Bertz CT molecular complexity index is 783. The largest absolute Gasteiger partial charge is 0.392 e. The van der Waals surface area contributed by atoms with Gasteiger partial charge in [0.1, 0.15) is 0 Å². The molecule has 0 saturated heterocycles. The smallest absolute Gasteiger partial charge is 0.0931 e. The van der Waals surface area contributed by atoms with E-state index in [2.05, 4.69) is 37.3 Å². The standard InChI is InChI=1S/C25H33ClNO2S.Y/c1-2-3-4-5-8-20-18(17-27)15-22(28)21(20)9-6-10-23(29)25(13-7-14-25)16-19-11-12-24(26)30-19;/h4-6,9,11-12,18,20-23,28-29H,1-3,7-8,10,13-16H2;/q-1;/b5-4-,9-6+;/t18-,20-,21+,22+,23?;/m0./s1. The number of rotatable bonds is 10. The number of aliphatic hydroxyl groups excluding tert-OH is 2. The summed E-state index contributed by atoms with van der Waals surface area (Å²) in [5.74, 6) is -0.0180. The van der Waals surface area contributed by atoms with Gasteiger partial charge in [-0.05, 0) is 56.6 Å². The predicted octanol–water partition coefficient (Wildman–Crippen LogP) is 6.12. The molecule has 0 bridgehead atoms. The molecular weight excluding hydrogens is 503 g/mol. The van der Waals surface area contributed by atoms with E-state index >= 15 is 0 Å². The molecule has 1 aromatic rings. The van der Waals surface area contributed by atoms with Gasteiger partial charge in [-0.25, -0.2) is 0 Å². The Labute approximate surface area is 221 Å². The molecule has 1 aromatic heterocycles. The molecule has 1 radical (unpaired) electrons. The van der Waals surface area contributed by atoms with Crippen LogP contribution in [0.25, 0.3) is 0 Å². The summed E-state index contributed by atoms with van der Waals surface area (Å²) in [4.78, 5) is 1.24. The van der Waals surface area contributed by atoms with Crippen molar-refractivity contribution in [3.63, 3.8) is 0 Å². The van der Waals surface area contributed by atoms with Crippen LogP contribution in [0, 0.1) is 41.4 Å². The van der Waals surface area contributed by atoms with Crippen LogP contribution in [0.3, 0.4) is 0 Å². The maximum atomic E-state index is 11.0. The molecule has 2 fully saturated rings. The molecule has 0 amide bonds. The number of hydrogen-bond acceptors (Lipinski definition) is 4. The van der Waals surface area contributed by atoms with E-state index < -0.39 is 12.2 Å². The molecule has 5 atom stereocenters. The van der Waals surface area contributed by atoms with Crippen LogP contribution in [-0.2, 0) is 39.1 Å². The van der Waals surface area contributed by atoms with Gasteiger partial charge in [-0.2, -0.15) is 11.7 Å². The Morgan fingerprint density at radius 3 is 2.68 bits per heavy atom. The normalized spacial score (nSPS) is 28.4. The third kappa shape index (κ3) is 6.98. The SMILES string of the molecule is [CH2-]CC/C=C\C[C@@H]1[C@@H](/C=C/CC(O)C2(Cc3ccc(Cl)s3)CCC2)[C@H](O)C[C@H]1C#N.[Y]. The Morgan fingerprint density at radius 2 is 2.10 bits per heavy atom. The third-order valence-corrected chi connectivity index (χ3v) is 8.22. The molecule has 6 heteroatoms. The number of aliphatic hydroxyl groups is 2. The number of nitriles is 1. The summed E-state index contributed by atoms with van der Waals surface area (Å²) in [6.45, 7) is 3.84. The fourth-order valence-corrected chi connectivity index (χ4v) is 6.29. The minimum Gasteiger partial charge on any atom is -0.392 e. The molecule has 31 heavy (non-hydrogen) atoms. The molecule has 3 rings (SSSR count). The van der Waals surface area contributed by atoms with Crippen LogP contribution < -0.4 is 0 Å². The van der Waals surface area contributed by atoms with Gasteiger partial charge in [0.25, 0.3) is 0 Å². The van der Waals surface area contributed by atoms with E-state index in [0.717, 1.165) is 49.3 Å². The van der Waals surface area contributed by atoms with Gasteiger partial charge in [0.05, 0.1) is 28.5 Å². The van der Waals surface area contributed by atoms with E-state index in [1.165, 1.54) is 4.88 Å². The van der Waals surface area contributed by atoms with Crippen LogP contribution in [0.1, 0.15) is 56.2 Å². The van der Waals surface area contributed by atoms with Gasteiger partial charge in [-0.3, -0.25) is 0 Å². The Balaban J connectivity index is 0.00000341. The first kappa shape index (κ1) is 27.2. The average Bonchev–Trinajstić information content (AvgIpc) is 3.24. The molecule has 167 valence electrons. The minimum atomic E-state index is -0.486. The van der Waals surface area contributed by atoms with E-state index in [4.69, 9.17) is 11.6 Å². The fourth-order valence-electron chi connectivity index (χ4n) is 5.04. The van der Waals surface area contributed by atoms with Crippen molar-refractivity contribution in [2.45, 2.75) is 70.0 Å². The second-order valence-electron chi connectivity index (χ2n) is 8.91. The van der Waals surface area contributed by atoms with Gasteiger partial charge < -0.3 is 17.1 Å². The molecule has 1 heterocycles. The van der Waals surface area contributed by atoms with Crippen molar-refractivity contribution in [1.29, 1.82) is 5.26 Å². The van der Waals surface area contributed by atoms with Gasteiger partial charge >= 0.3 is 0 Å². The third-order valence-electron chi connectivity index (χ3n) is 6.99. The Morgan fingerprint density at radius 1 is 1.32 bits per heavy atom. The molecule has 1 unspecified atom stereocenters. The Hall–Kier alpha value is -0.0161. The van der Waals surface area contributed by atoms with Crippen molar-refractivity contribution >= 4 is 22.9 Å². The van der Waals surface area contributed by atoms with Crippen LogP contribution in [0.15, 0.2) is 36.4 Å². The maximum absolute atomic E-state index is 11.0. The summed E-state index contributed by atoms with van der Waals surface area (Å²) < 4.78 is 0.798. The summed E-state index contributed by atoms with van der Waals surface area (Å²) in [6.07, 6.45) is 15.3. The first-order valence-corrected chi connectivity index (χ1v) is 12.3. The number of thiophene rings is 1. The summed E-state index contributed by atoms with van der Waals surface area (Å²) >= 11 is 7.68. The fraction of sp³-hybridized carbons (Fsp3) is 0.600. The van der Waals surface area contributed by atoms with Crippen LogP contribution in [0.5, 0.6) is 0 Å². The van der Waals surface area contributed by atoms with Crippen LogP contribution in [-0.4, -0.2) is 22.4 Å². The zero-order chi connectivity index (χ0) is 21.6. The van der Waals surface area contributed by atoms with Crippen molar-refractivity contribution in [2.75, 3.05) is 0 Å². The van der Waals surface area contributed by atoms with E-state index in [0.29, 0.717) is 12.8 Å². The summed E-state index contributed by atoms with van der Waals surface area (Å²) in [7, 11) is 0. The number of nitrogens with zero attached hydrogens (tertiary/aromatic N) is 1. The summed E-state index contributed by atoms with van der Waals surface area (Å²) in [5.41, 5.74) is -0.0572. The van der Waals surface area contributed by atoms with Crippen LogP contribution in [0.2, 0.25) is 4.34 Å². The molecule has 0 spiro atoms. The average molecular weight is 536 g/mol. The van der Waals surface area contributed by atoms with Crippen LogP contribution in [0.4, 0.5) is 0 Å². The zero-order valence-electron chi connectivity index (χ0n) is 18.1. The number of halogens is 1. The first-order valence-electron chi connectivity index (χ1n) is 11.1. The summed E-state index contributed by atoms with van der Waals surface area (Å²) in [5, 5.41) is 31.0. The van der Waals surface area contributed by atoms with Crippen molar-refractivity contribution in [3.8, 4) is 6.07 Å². The van der Waals surface area contributed by atoms with E-state index in [9.17, 15) is 15.5 Å². The van der Waals surface area contributed by atoms with Crippen LogP contribution >= 0.6 is 22.9 Å². The van der Waals surface area contributed by atoms with E-state index in [1.54, 1.807) is 11.3 Å². The maximum Gasteiger partial charge on any atom is 0.0931 e. The van der Waals surface area contributed by atoms with Gasteiger partial charge in [0.15, 0.2) is 0 Å². The number of unbranched alkanes of at least 4 members (excludes halogenated alkanes) is 1. The first-order chi connectivity index (χ1) is 14.5. The molecule has 0 aliphatic heterocycles. The molecule has 3 nitrogen and oxygen atoms in total. The Kier molecular flexibility index (Phi) is 11.4. The number of allylic oxidation sites excluding steroid dienone is 2. The van der Waals surface area contributed by atoms with Crippen molar-refractivity contribution < 1.29 is 42.9 Å². The monoisotopic (exact) mass is 535 g/mol. The topological polar surface area (TPSA) is 64.2 Å². The van der Waals surface area contributed by atoms with E-state index in [1.807, 2.05) is 12.1 Å². The van der Waals surface area contributed by atoms with E-state index in [-0.39, 0.29) is 55.9 Å². The van der Waals surface area contributed by atoms with Gasteiger partial charge in [-0.1, -0.05) is 48.7 Å². The summed E-state index contributed by atoms with van der Waals surface area (Å²) in [6, 6.07) is 6.39. The second-order valence-corrected chi connectivity index (χ2v) is 10.7. The van der Waals surface area contributed by atoms with Crippen molar-refractivity contribution in [2.24, 2.45) is 23.2 Å². The van der Waals surface area contributed by atoms with Gasteiger partial charge in [-0.15, -0.1) is 11.3 Å². The second kappa shape index (κ2) is 13.0. The molecule has 2 saturated carbocycles. The molecule has 0 aromatic carbocycles. The molecule has 2 aliphatic rings. The number of hydrogen-bond donors (Lipinski definition) is 2. The van der Waals surface area contributed by atoms with Gasteiger partial charge in [0.2, 0.25) is 0 Å². The van der Waals surface area contributed by atoms with Crippen molar-refractivity contribution in [3.05, 3.63) is 52.6 Å². The molecule has 2 N–H and O–H groups in total. The van der Waals surface area contributed by atoms with Gasteiger partial charge in [0, 0.05) is 48.9 Å². The minimum absolute atomic E-state index is 0. The van der Waals surface area contributed by atoms with Crippen molar-refractivity contribution in [1.82, 2.24) is 0 Å². The molecular formula is C25H33ClNO2SY-. The predicted molar refractivity (Wildman–Crippen MR) is 124 cm³/mol.